The Balaban J connectivity index is 1.95. The van der Waals surface area contributed by atoms with Crippen LogP contribution in [0.15, 0.2) is 12.3 Å². The van der Waals surface area contributed by atoms with E-state index in [0.29, 0.717) is 17.2 Å². The topological polar surface area (TPSA) is 64.1 Å². The summed E-state index contributed by atoms with van der Waals surface area (Å²) in [5, 5.41) is 3.22. The lowest BCUT2D eigenvalue weighted by Gasteiger charge is -2.07. The Hall–Kier alpha value is -1.65. The molecule has 1 aromatic heterocycles. The number of methoxy groups -OCH3 is 1. The summed E-state index contributed by atoms with van der Waals surface area (Å²) >= 11 is 0. The fourth-order valence-corrected chi connectivity index (χ4v) is 1.80. The predicted octanol–water partition coefficient (Wildman–Crippen LogP) is 1.72. The monoisotopic (exact) mass is 235 g/mol. The van der Waals surface area contributed by atoms with Gasteiger partial charge in [-0.05, 0) is 23.8 Å². The Morgan fingerprint density at radius 2 is 2.35 bits per heavy atom. The number of nitrogens with zero attached hydrogens (tertiary/aromatic N) is 2. The maximum atomic E-state index is 11.2. The van der Waals surface area contributed by atoms with Gasteiger partial charge in [0.1, 0.15) is 5.82 Å². The summed E-state index contributed by atoms with van der Waals surface area (Å²) in [6.07, 6.45) is 2.79. The van der Waals surface area contributed by atoms with Crippen LogP contribution in [0.3, 0.4) is 0 Å². The quantitative estimate of drug-likeness (QED) is 0.805. The summed E-state index contributed by atoms with van der Waals surface area (Å²) in [7, 11) is 1.32. The van der Waals surface area contributed by atoms with E-state index < -0.39 is 5.97 Å². The summed E-state index contributed by atoms with van der Waals surface area (Å²) in [6, 6.07) is 1.75. The van der Waals surface area contributed by atoms with Crippen LogP contribution in [0.4, 0.5) is 5.82 Å². The Morgan fingerprint density at radius 3 is 2.94 bits per heavy atom. The van der Waals surface area contributed by atoms with E-state index in [1.807, 2.05) is 0 Å². The van der Waals surface area contributed by atoms with E-state index in [-0.39, 0.29) is 5.82 Å². The first-order chi connectivity index (χ1) is 8.03. The molecule has 0 amide bonds. The predicted molar refractivity (Wildman–Crippen MR) is 63.7 cm³/mol. The van der Waals surface area contributed by atoms with Gasteiger partial charge in [0, 0.05) is 12.7 Å². The van der Waals surface area contributed by atoms with Gasteiger partial charge in [0.2, 0.25) is 5.82 Å². The second kappa shape index (κ2) is 4.31. The molecule has 1 unspecified atom stereocenters. The first-order valence-corrected chi connectivity index (χ1v) is 5.68. The van der Waals surface area contributed by atoms with E-state index in [2.05, 4.69) is 33.9 Å². The van der Waals surface area contributed by atoms with E-state index in [0.717, 1.165) is 6.54 Å². The smallest absolute Gasteiger partial charge is 0.376 e. The van der Waals surface area contributed by atoms with Crippen molar-refractivity contribution >= 4 is 11.8 Å². The van der Waals surface area contributed by atoms with Gasteiger partial charge in [0.25, 0.3) is 0 Å². The molecule has 2 rings (SSSR count). The lowest BCUT2D eigenvalue weighted by Crippen LogP contribution is -2.12. The molecule has 5 heteroatoms. The fourth-order valence-electron chi connectivity index (χ4n) is 1.80. The summed E-state index contributed by atoms with van der Waals surface area (Å²) in [5.74, 6) is 0.926. The average Bonchev–Trinajstić information content (AvgIpc) is 2.94. The Morgan fingerprint density at radius 1 is 1.65 bits per heavy atom. The van der Waals surface area contributed by atoms with Gasteiger partial charge < -0.3 is 10.1 Å². The van der Waals surface area contributed by atoms with Crippen LogP contribution >= 0.6 is 0 Å². The number of rotatable bonds is 4. The highest BCUT2D eigenvalue weighted by Crippen LogP contribution is 2.51. The maximum absolute atomic E-state index is 11.2. The molecule has 0 spiro atoms. The molecule has 5 nitrogen and oxygen atoms in total. The van der Waals surface area contributed by atoms with Crippen molar-refractivity contribution in [3.05, 3.63) is 18.1 Å². The third-order valence-electron chi connectivity index (χ3n) is 3.27. The molecule has 17 heavy (non-hydrogen) atoms. The van der Waals surface area contributed by atoms with Crippen LogP contribution in [0, 0.1) is 11.3 Å². The molecule has 1 saturated carbocycles. The molecule has 1 aliphatic carbocycles. The molecule has 1 N–H and O–H groups in total. The highest BCUT2D eigenvalue weighted by Gasteiger charge is 2.44. The molecular weight excluding hydrogens is 218 g/mol. The second-order valence-corrected chi connectivity index (χ2v) is 5.03. The number of aromatic nitrogens is 2. The molecule has 1 aliphatic rings. The molecule has 1 atom stereocenters. The van der Waals surface area contributed by atoms with Crippen molar-refractivity contribution < 1.29 is 9.53 Å². The number of ether oxygens (including phenoxy) is 1. The van der Waals surface area contributed by atoms with Crippen molar-refractivity contribution in [1.82, 2.24) is 9.97 Å². The Labute approximate surface area is 101 Å². The average molecular weight is 235 g/mol. The first-order valence-electron chi connectivity index (χ1n) is 5.68. The molecule has 0 aromatic carbocycles. The second-order valence-electron chi connectivity index (χ2n) is 5.03. The largest absolute Gasteiger partial charge is 0.463 e. The van der Waals surface area contributed by atoms with Crippen molar-refractivity contribution in [2.45, 2.75) is 20.3 Å². The molecule has 92 valence electrons. The standard InChI is InChI=1S/C12H17N3O2/c1-12(2)6-8(12)7-14-9-4-5-13-10(15-9)11(16)17-3/h4-5,8H,6-7H2,1-3H3,(H,13,14,15). The SMILES string of the molecule is COC(=O)c1nccc(NCC2CC2(C)C)n1. The molecule has 0 saturated heterocycles. The number of hydrogen-bond donors (Lipinski definition) is 1. The fraction of sp³-hybridized carbons (Fsp3) is 0.583. The number of carbonyl (C=O) groups excluding carboxylic acids is 1. The molecule has 0 aliphatic heterocycles. The van der Waals surface area contributed by atoms with Crippen molar-refractivity contribution in [1.29, 1.82) is 0 Å². The summed E-state index contributed by atoms with van der Waals surface area (Å²) in [4.78, 5) is 19.2. The van der Waals surface area contributed by atoms with E-state index >= 15 is 0 Å². The molecule has 1 fully saturated rings. The third-order valence-corrected chi connectivity index (χ3v) is 3.27. The zero-order valence-electron chi connectivity index (χ0n) is 10.4. The lowest BCUT2D eigenvalue weighted by molar-refractivity contribution is 0.0587. The Kier molecular flexibility index (Phi) is 3.00. The maximum Gasteiger partial charge on any atom is 0.376 e. The van der Waals surface area contributed by atoms with Crippen molar-refractivity contribution in [3.8, 4) is 0 Å². The highest BCUT2D eigenvalue weighted by atomic mass is 16.5. The number of hydrogen-bond acceptors (Lipinski definition) is 5. The minimum absolute atomic E-state index is 0.0903. The minimum Gasteiger partial charge on any atom is -0.463 e. The van der Waals surface area contributed by atoms with Crippen LogP contribution in [-0.4, -0.2) is 29.6 Å². The van der Waals surface area contributed by atoms with Gasteiger partial charge in [-0.2, -0.15) is 0 Å². The molecule has 1 aromatic rings. The van der Waals surface area contributed by atoms with E-state index in [1.54, 1.807) is 12.3 Å². The first kappa shape index (κ1) is 11.8. The molecule has 0 radical (unpaired) electrons. The van der Waals surface area contributed by atoms with Crippen LogP contribution in [0.25, 0.3) is 0 Å². The van der Waals surface area contributed by atoms with Crippen molar-refractivity contribution in [2.24, 2.45) is 11.3 Å². The molecular formula is C12H17N3O2. The lowest BCUT2D eigenvalue weighted by atomic mass is 10.1. The van der Waals surface area contributed by atoms with Crippen LogP contribution in [0.2, 0.25) is 0 Å². The van der Waals surface area contributed by atoms with Gasteiger partial charge in [-0.25, -0.2) is 14.8 Å². The highest BCUT2D eigenvalue weighted by molar-refractivity contribution is 5.85. The van der Waals surface area contributed by atoms with Crippen molar-refractivity contribution in [3.63, 3.8) is 0 Å². The molecule has 1 heterocycles. The van der Waals surface area contributed by atoms with E-state index in [4.69, 9.17) is 0 Å². The van der Waals surface area contributed by atoms with E-state index in [9.17, 15) is 4.79 Å². The summed E-state index contributed by atoms with van der Waals surface area (Å²) in [6.45, 7) is 5.38. The van der Waals surface area contributed by atoms with Crippen LogP contribution in [0.1, 0.15) is 30.9 Å². The summed E-state index contributed by atoms with van der Waals surface area (Å²) < 4.78 is 4.57. The summed E-state index contributed by atoms with van der Waals surface area (Å²) in [5.41, 5.74) is 0.436. The number of esters is 1. The normalized spacial score (nSPS) is 20.8. The zero-order valence-corrected chi connectivity index (χ0v) is 10.4. The number of anilines is 1. The number of carbonyl (C=O) groups is 1. The van der Waals surface area contributed by atoms with Gasteiger partial charge in [-0.1, -0.05) is 13.8 Å². The van der Waals surface area contributed by atoms with Crippen LogP contribution in [-0.2, 0) is 4.74 Å². The molecule has 0 bridgehead atoms. The van der Waals surface area contributed by atoms with Gasteiger partial charge >= 0.3 is 5.97 Å². The number of nitrogens with one attached hydrogen (secondary N) is 1. The van der Waals surface area contributed by atoms with Gasteiger partial charge in [-0.15, -0.1) is 0 Å². The van der Waals surface area contributed by atoms with Gasteiger partial charge in [0.15, 0.2) is 0 Å². The van der Waals surface area contributed by atoms with Gasteiger partial charge in [-0.3, -0.25) is 0 Å². The Bertz CT molecular complexity index is 432. The van der Waals surface area contributed by atoms with Crippen molar-refractivity contribution in [2.75, 3.05) is 19.0 Å². The zero-order chi connectivity index (χ0) is 12.5. The van der Waals surface area contributed by atoms with E-state index in [1.165, 1.54) is 13.5 Å². The minimum atomic E-state index is -0.514. The van der Waals surface area contributed by atoms with Crippen LogP contribution < -0.4 is 5.32 Å². The van der Waals surface area contributed by atoms with Gasteiger partial charge in [0.05, 0.1) is 7.11 Å². The third kappa shape index (κ3) is 2.72. The van der Waals surface area contributed by atoms with Crippen LogP contribution in [0.5, 0.6) is 0 Å².